The third-order valence-corrected chi connectivity index (χ3v) is 4.40. The van der Waals surface area contributed by atoms with Crippen LogP contribution in [-0.2, 0) is 24.7 Å². The Labute approximate surface area is 141 Å². The van der Waals surface area contributed by atoms with E-state index in [0.29, 0.717) is 9.92 Å². The van der Waals surface area contributed by atoms with Crippen LogP contribution in [-0.4, -0.2) is 27.6 Å². The Kier molecular flexibility index (Phi) is 3.61. The maximum atomic E-state index is 12.5. The molecule has 6 nitrogen and oxygen atoms in total. The van der Waals surface area contributed by atoms with Crippen molar-refractivity contribution in [1.29, 1.82) is 0 Å². The van der Waals surface area contributed by atoms with Crippen LogP contribution in [0.4, 0.5) is 0 Å². The molecule has 1 aromatic rings. The van der Waals surface area contributed by atoms with Crippen LogP contribution < -0.4 is 0 Å². The number of ketones is 1. The third kappa shape index (κ3) is 2.29. The van der Waals surface area contributed by atoms with E-state index in [1.807, 2.05) is 0 Å². The van der Waals surface area contributed by atoms with E-state index in [9.17, 15) is 19.5 Å². The minimum Gasteiger partial charge on any atom is -0.501 e. The number of hydrogen-bond acceptors (Lipinski definition) is 5. The minimum atomic E-state index is -1.65. The van der Waals surface area contributed by atoms with E-state index in [0.717, 1.165) is 0 Å². The summed E-state index contributed by atoms with van der Waals surface area (Å²) in [4.78, 5) is 36.8. The van der Waals surface area contributed by atoms with Crippen LogP contribution in [0.25, 0.3) is 0 Å². The summed E-state index contributed by atoms with van der Waals surface area (Å²) in [5.41, 5.74) is -1.38. The summed E-state index contributed by atoms with van der Waals surface area (Å²) >= 11 is 11.9. The van der Waals surface area contributed by atoms with Crippen molar-refractivity contribution in [1.82, 2.24) is 4.90 Å². The highest BCUT2D eigenvalue weighted by Crippen LogP contribution is 2.43. The number of nitrogens with zero attached hydrogens (tertiary/aromatic N) is 1. The number of carbonyl (C=O) groups is 3. The van der Waals surface area contributed by atoms with Crippen molar-refractivity contribution >= 4 is 40.8 Å². The molecule has 2 aliphatic rings. The lowest BCUT2D eigenvalue weighted by atomic mass is 9.91. The van der Waals surface area contributed by atoms with Crippen LogP contribution in [0, 0.1) is 0 Å². The third-order valence-electron chi connectivity index (χ3n) is 3.85. The largest absolute Gasteiger partial charge is 0.501 e. The Balaban J connectivity index is 2.04. The average molecular weight is 356 g/mol. The number of likely N-dealkylation sites (tertiary alicyclic amines) is 1. The highest BCUT2D eigenvalue weighted by Gasteiger charge is 2.52. The van der Waals surface area contributed by atoms with Crippen LogP contribution in [0.3, 0.4) is 0 Å². The fourth-order valence-electron chi connectivity index (χ4n) is 2.62. The van der Waals surface area contributed by atoms with Gasteiger partial charge < -0.3 is 9.84 Å². The number of carbonyl (C=O) groups excluding carboxylic acids is 3. The van der Waals surface area contributed by atoms with Gasteiger partial charge in [0, 0.05) is 28.5 Å². The van der Waals surface area contributed by atoms with Gasteiger partial charge in [0.15, 0.2) is 0 Å². The van der Waals surface area contributed by atoms with Gasteiger partial charge in [-0.05, 0) is 19.1 Å². The molecule has 1 unspecified atom stereocenters. The van der Waals surface area contributed by atoms with Crippen LogP contribution in [0.15, 0.2) is 29.8 Å². The van der Waals surface area contributed by atoms with Crippen molar-refractivity contribution in [3.63, 3.8) is 0 Å². The van der Waals surface area contributed by atoms with Gasteiger partial charge in [-0.3, -0.25) is 14.4 Å². The second-order valence-corrected chi connectivity index (χ2v) is 6.21. The summed E-state index contributed by atoms with van der Waals surface area (Å²) in [6, 6.07) is 4.44. The molecule has 1 fully saturated rings. The zero-order valence-electron chi connectivity index (χ0n) is 11.9. The number of benzene rings is 1. The molecule has 0 spiro atoms. The lowest BCUT2D eigenvalue weighted by molar-refractivity contribution is -0.144. The van der Waals surface area contributed by atoms with Gasteiger partial charge in [-0.15, -0.1) is 0 Å². The van der Waals surface area contributed by atoms with Crippen molar-refractivity contribution in [2.24, 2.45) is 0 Å². The van der Waals surface area contributed by atoms with Crippen LogP contribution in [0.2, 0.25) is 10.0 Å². The Morgan fingerprint density at radius 2 is 1.78 bits per heavy atom. The number of halogens is 2. The number of aliphatic hydroxyl groups excluding tert-OH is 1. The van der Waals surface area contributed by atoms with E-state index < -0.39 is 34.8 Å². The average Bonchev–Trinajstić information content (AvgIpc) is 2.92. The van der Waals surface area contributed by atoms with Crippen molar-refractivity contribution < 1.29 is 24.2 Å². The summed E-state index contributed by atoms with van der Waals surface area (Å²) in [6.07, 6.45) is 0.0111. The van der Waals surface area contributed by atoms with E-state index in [1.165, 1.54) is 25.1 Å². The topological polar surface area (TPSA) is 83.9 Å². The van der Waals surface area contributed by atoms with Crippen molar-refractivity contribution in [2.45, 2.75) is 25.4 Å². The van der Waals surface area contributed by atoms with Gasteiger partial charge in [-0.1, -0.05) is 29.3 Å². The molecule has 2 amide bonds. The smallest absolute Gasteiger partial charge is 0.252 e. The second-order valence-electron chi connectivity index (χ2n) is 5.37. The first kappa shape index (κ1) is 15.8. The predicted octanol–water partition coefficient (Wildman–Crippen LogP) is 2.68. The highest BCUT2D eigenvalue weighted by atomic mass is 35.5. The van der Waals surface area contributed by atoms with Gasteiger partial charge in [-0.25, -0.2) is 4.90 Å². The number of Topliss-reactive ketones (excluding diaryl/α,β-unsaturated/α-hetero) is 1. The monoisotopic (exact) mass is 355 g/mol. The minimum absolute atomic E-state index is 0.00553. The second kappa shape index (κ2) is 5.25. The molecule has 2 aliphatic heterocycles. The molecule has 1 atom stereocenters. The van der Waals surface area contributed by atoms with E-state index in [-0.39, 0.29) is 23.4 Å². The first-order chi connectivity index (χ1) is 10.8. The maximum absolute atomic E-state index is 12.5. The number of hydrogen-bond donors (Lipinski definition) is 1. The van der Waals surface area contributed by atoms with Crippen LogP contribution >= 0.6 is 23.2 Å². The normalized spacial score (nSPS) is 24.7. The number of amides is 2. The van der Waals surface area contributed by atoms with E-state index in [4.69, 9.17) is 27.9 Å². The molecule has 0 aromatic heterocycles. The molecule has 120 valence electrons. The van der Waals surface area contributed by atoms with Gasteiger partial charge in [0.2, 0.25) is 23.2 Å². The first-order valence-corrected chi connectivity index (χ1v) is 7.49. The summed E-state index contributed by atoms with van der Waals surface area (Å²) in [5.74, 6) is -3.08. The summed E-state index contributed by atoms with van der Waals surface area (Å²) in [7, 11) is 0. The van der Waals surface area contributed by atoms with Gasteiger partial charge in [0.05, 0.1) is 0 Å². The Bertz CT molecular complexity index is 772. The number of ether oxygens (including phenoxy) is 1. The molecular formula is C15H11Cl2NO5. The molecule has 1 aromatic carbocycles. The number of aliphatic hydroxyl groups is 1. The molecule has 0 saturated carbocycles. The molecule has 2 heterocycles. The van der Waals surface area contributed by atoms with Gasteiger partial charge in [0.1, 0.15) is 0 Å². The van der Waals surface area contributed by atoms with Crippen molar-refractivity contribution in [3.8, 4) is 0 Å². The van der Waals surface area contributed by atoms with Gasteiger partial charge >= 0.3 is 0 Å². The molecule has 23 heavy (non-hydrogen) atoms. The number of imide groups is 1. The summed E-state index contributed by atoms with van der Waals surface area (Å²) in [5, 5.41) is 10.6. The quantitative estimate of drug-likeness (QED) is 0.824. The zero-order chi connectivity index (χ0) is 16.9. The molecule has 8 heteroatoms. The van der Waals surface area contributed by atoms with E-state index in [1.54, 1.807) is 0 Å². The van der Waals surface area contributed by atoms with E-state index >= 15 is 0 Å². The van der Waals surface area contributed by atoms with Crippen LogP contribution in [0.5, 0.6) is 0 Å². The zero-order valence-corrected chi connectivity index (χ0v) is 13.4. The van der Waals surface area contributed by atoms with Crippen molar-refractivity contribution in [2.75, 3.05) is 0 Å². The summed E-state index contributed by atoms with van der Waals surface area (Å²) in [6.45, 7) is 1.40. The molecule has 0 bridgehead atoms. The predicted molar refractivity (Wildman–Crippen MR) is 80.6 cm³/mol. The fraction of sp³-hybridized carbons (Fsp3) is 0.267. The maximum Gasteiger partial charge on any atom is 0.252 e. The van der Waals surface area contributed by atoms with E-state index in [2.05, 4.69) is 0 Å². The Morgan fingerprint density at radius 3 is 2.35 bits per heavy atom. The highest BCUT2D eigenvalue weighted by molar-refractivity contribution is 6.35. The van der Waals surface area contributed by atoms with Gasteiger partial charge in [-0.2, -0.15) is 0 Å². The van der Waals surface area contributed by atoms with Crippen LogP contribution in [0.1, 0.15) is 25.3 Å². The molecule has 0 radical (unpaired) electrons. The standard InChI is InChI=1S/C15H11Cl2NO5/c1-15(8-3-2-7(16)6-9(8)17)13(22)12(21)14(23-15)18-10(19)4-5-11(18)20/h2-3,6,21H,4-5H2,1H3. The SMILES string of the molecule is CC1(c2ccc(Cl)cc2Cl)OC(N2C(=O)CCC2=O)=C(O)C1=O. The van der Waals surface area contributed by atoms with Gasteiger partial charge in [0.25, 0.3) is 11.7 Å². The fourth-order valence-corrected chi connectivity index (χ4v) is 3.21. The lowest BCUT2D eigenvalue weighted by Crippen LogP contribution is -2.34. The molecule has 3 rings (SSSR count). The lowest BCUT2D eigenvalue weighted by Gasteiger charge is -2.26. The summed E-state index contributed by atoms with van der Waals surface area (Å²) < 4.78 is 5.54. The Hall–Kier alpha value is -2.05. The molecule has 1 N–H and O–H groups in total. The Morgan fingerprint density at radius 1 is 1.17 bits per heavy atom. The first-order valence-electron chi connectivity index (χ1n) is 6.74. The molecule has 0 aliphatic carbocycles. The van der Waals surface area contributed by atoms with Crippen molar-refractivity contribution in [3.05, 3.63) is 45.5 Å². The number of rotatable bonds is 2. The molecular weight excluding hydrogens is 345 g/mol. The molecule has 1 saturated heterocycles.